The second kappa shape index (κ2) is 87.1. The Balaban J connectivity index is 3.90. The summed E-state index contributed by atoms with van der Waals surface area (Å²) in [5, 5.41) is 9.80. The van der Waals surface area contributed by atoms with Crippen LogP contribution < -0.4 is 0 Å². The zero-order valence-electron chi connectivity index (χ0n) is 71.1. The fraction of sp³-hybridized carbons (Fsp3) is 0.825. The van der Waals surface area contributed by atoms with Gasteiger partial charge in [-0.15, -0.1) is 0 Å². The summed E-state index contributed by atoms with van der Waals surface area (Å²) in [5.74, 6) is -1.97. The highest BCUT2D eigenvalue weighted by Gasteiger charge is 2.25. The van der Waals surface area contributed by atoms with Crippen molar-refractivity contribution in [3.05, 3.63) is 85.1 Å². The highest BCUT2D eigenvalue weighted by molar-refractivity contribution is 5.71. The average molecular weight is 1490 g/mol. The Morgan fingerprint density at radius 1 is 0.292 bits per heavy atom. The summed E-state index contributed by atoms with van der Waals surface area (Å²) >= 11 is 0. The second-order valence-electron chi connectivity index (χ2n) is 32.6. The van der Waals surface area contributed by atoms with Crippen molar-refractivity contribution in [2.45, 2.75) is 469 Å². The fourth-order valence-corrected chi connectivity index (χ4v) is 13.9. The zero-order valence-corrected chi connectivity index (χ0v) is 71.1. The molecule has 9 nitrogen and oxygen atoms in total. The van der Waals surface area contributed by atoms with E-state index in [1.165, 1.54) is 347 Å². The summed E-state index contributed by atoms with van der Waals surface area (Å²) in [7, 11) is 6.00. The third-order valence-corrected chi connectivity index (χ3v) is 20.9. The first-order valence-corrected chi connectivity index (χ1v) is 46.3. The van der Waals surface area contributed by atoms with Crippen molar-refractivity contribution in [2.75, 3.05) is 47.5 Å². The first kappa shape index (κ1) is 102. The van der Waals surface area contributed by atoms with Crippen LogP contribution in [-0.2, 0) is 33.3 Å². The van der Waals surface area contributed by atoms with Crippen LogP contribution in [-0.4, -0.2) is 87.4 Å². The van der Waals surface area contributed by atoms with Crippen molar-refractivity contribution < 1.29 is 42.9 Å². The number of carboxylic acids is 1. The van der Waals surface area contributed by atoms with E-state index in [-0.39, 0.29) is 38.2 Å². The fourth-order valence-electron chi connectivity index (χ4n) is 13.9. The molecule has 0 amide bonds. The molecule has 0 rings (SSSR count). The smallest absolute Gasteiger partial charge is 0.361 e. The number of ether oxygens (including phenoxy) is 4. The molecule has 0 aliphatic rings. The van der Waals surface area contributed by atoms with Crippen LogP contribution in [0.3, 0.4) is 0 Å². The van der Waals surface area contributed by atoms with Crippen molar-refractivity contribution in [3.63, 3.8) is 0 Å². The Bertz CT molecular complexity index is 2030. The minimum absolute atomic E-state index is 0.177. The van der Waals surface area contributed by atoms with Crippen LogP contribution in [0.25, 0.3) is 0 Å². The van der Waals surface area contributed by atoms with Crippen molar-refractivity contribution in [1.82, 2.24) is 0 Å². The molecule has 0 heterocycles. The summed E-state index contributed by atoms with van der Waals surface area (Å²) in [6.07, 6.45) is 118. The number of carbonyl (C=O) groups is 3. The number of allylic oxidation sites excluding steroid dienone is 14. The first-order chi connectivity index (χ1) is 52.1. The van der Waals surface area contributed by atoms with Gasteiger partial charge in [-0.3, -0.25) is 9.59 Å². The molecule has 0 aliphatic carbocycles. The van der Waals surface area contributed by atoms with E-state index in [0.717, 1.165) is 83.5 Å². The molecule has 0 saturated heterocycles. The van der Waals surface area contributed by atoms with Crippen LogP contribution in [0, 0.1) is 0 Å². The van der Waals surface area contributed by atoms with Crippen molar-refractivity contribution in [2.24, 2.45) is 0 Å². The minimum Gasteiger partial charge on any atom is -0.477 e. The van der Waals surface area contributed by atoms with E-state index in [9.17, 15) is 19.5 Å². The van der Waals surface area contributed by atoms with Gasteiger partial charge in [0.2, 0.25) is 0 Å². The van der Waals surface area contributed by atoms with Gasteiger partial charge < -0.3 is 28.5 Å². The van der Waals surface area contributed by atoms with Crippen LogP contribution in [0.2, 0.25) is 0 Å². The van der Waals surface area contributed by atoms with E-state index in [0.29, 0.717) is 17.4 Å². The van der Waals surface area contributed by atoms with Gasteiger partial charge in [-0.1, -0.05) is 458 Å². The number of rotatable bonds is 87. The van der Waals surface area contributed by atoms with Gasteiger partial charge in [-0.05, 0) is 70.6 Å². The molecule has 0 spiro atoms. The van der Waals surface area contributed by atoms with Gasteiger partial charge in [0, 0.05) is 12.8 Å². The molecule has 1 N–H and O–H groups in total. The molecule has 0 aromatic heterocycles. The van der Waals surface area contributed by atoms with Crippen molar-refractivity contribution in [1.29, 1.82) is 0 Å². The third-order valence-electron chi connectivity index (χ3n) is 20.9. The van der Waals surface area contributed by atoms with E-state index in [1.807, 2.05) is 21.1 Å². The Labute approximate surface area is 659 Å². The van der Waals surface area contributed by atoms with Crippen LogP contribution in [0.15, 0.2) is 85.1 Å². The number of hydrogen-bond donors (Lipinski definition) is 1. The van der Waals surface area contributed by atoms with E-state index in [4.69, 9.17) is 18.9 Å². The Morgan fingerprint density at radius 3 is 0.802 bits per heavy atom. The van der Waals surface area contributed by atoms with E-state index >= 15 is 0 Å². The van der Waals surface area contributed by atoms with Gasteiger partial charge in [0.05, 0.1) is 34.4 Å². The average Bonchev–Trinajstić information content (AvgIpc) is 0.935. The second-order valence-corrected chi connectivity index (χ2v) is 32.6. The zero-order chi connectivity index (χ0) is 76.7. The number of hydrogen-bond acceptors (Lipinski definition) is 7. The molecule has 0 bridgehead atoms. The van der Waals surface area contributed by atoms with Crippen LogP contribution >= 0.6 is 0 Å². The maximum atomic E-state index is 13.0. The highest BCUT2D eigenvalue weighted by Crippen LogP contribution is 2.21. The number of esters is 2. The predicted molar refractivity (Wildman–Crippen MR) is 461 cm³/mol. The lowest BCUT2D eigenvalue weighted by Gasteiger charge is -2.25. The molecule has 9 heteroatoms. The number of carbonyl (C=O) groups excluding carboxylic acids is 2. The molecule has 0 aromatic carbocycles. The number of carboxylic acid groups (broad SMARTS) is 1. The van der Waals surface area contributed by atoms with Crippen LogP contribution in [0.5, 0.6) is 0 Å². The minimum atomic E-state index is -1.51. The number of likely N-dealkylation sites (N-methyl/N-ethyl adjacent to an activating group) is 1. The van der Waals surface area contributed by atoms with Gasteiger partial charge in [0.25, 0.3) is 6.29 Å². The topological polar surface area (TPSA) is 108 Å². The highest BCUT2D eigenvalue weighted by atomic mass is 16.7. The maximum Gasteiger partial charge on any atom is 0.361 e. The first-order valence-electron chi connectivity index (χ1n) is 46.3. The molecule has 2 atom stereocenters. The molecule has 0 fully saturated rings. The molecular formula is C97H178NO8+. The number of unbranched alkanes of at least 4 members (excludes halogenated alkanes) is 58. The Kier molecular flexibility index (Phi) is 84.2. The molecule has 0 saturated carbocycles. The normalized spacial score (nSPS) is 13.0. The third kappa shape index (κ3) is 87.7. The van der Waals surface area contributed by atoms with Crippen molar-refractivity contribution in [3.8, 4) is 0 Å². The molecule has 0 radical (unpaired) electrons. The molecule has 618 valence electrons. The van der Waals surface area contributed by atoms with Gasteiger partial charge in [0.15, 0.2) is 6.10 Å². The SMILES string of the molecule is CC/C=C\C/C=C\C/C=C\C/C=C\C/C=C\C/C=C\C/C=C\CCCCCCCCCCCCCCCCCCCCCC(=O)OC(COC(=O)CCCCCCCCCCCCCCCCCCCCCCCCCCCCCCCCCCCCCCCCCC)COC(OCC[N+](C)(C)C)C(=O)O. The lowest BCUT2D eigenvalue weighted by Crippen LogP contribution is -2.40. The quantitative estimate of drug-likeness (QED) is 0.0211. The van der Waals surface area contributed by atoms with Gasteiger partial charge >= 0.3 is 17.9 Å². The number of nitrogens with zero attached hydrogens (tertiary/aromatic N) is 1. The summed E-state index contributed by atoms with van der Waals surface area (Å²) in [4.78, 5) is 37.8. The summed E-state index contributed by atoms with van der Waals surface area (Å²) in [6, 6.07) is 0. The standard InChI is InChI=1S/C97H177NO8/c1-6-8-10-12-14-16-18-20-22-24-26-28-30-32-34-36-38-40-42-44-46-48-50-52-54-56-58-60-62-64-66-68-70-72-74-76-78-80-82-84-86-88-95(100)106-93(92-105-97(96(101)102)103-90-89-98(3,4)5)91-104-94(99)87-85-83-81-79-77-75-73-71-69-67-65-63-61-59-57-55-53-51-49-47-45-43-41-39-37-35-33-31-29-27-25-23-21-19-17-15-13-11-9-7-2/h8,10,14,16,20,22,26,28,32,34,38,40,44,46,93,97H,6-7,9,11-13,15,17-19,21,23-25,27,29-31,33,35-37,39,41-43,45,47-92H2,1-5H3/p+1/b10-8-,16-14-,22-20-,28-26-,34-32-,40-38-,46-44-. The largest absolute Gasteiger partial charge is 0.477 e. The lowest BCUT2D eigenvalue weighted by molar-refractivity contribution is -0.870. The summed E-state index contributed by atoms with van der Waals surface area (Å²) < 4.78 is 23.1. The van der Waals surface area contributed by atoms with Crippen LogP contribution in [0.4, 0.5) is 0 Å². The maximum absolute atomic E-state index is 13.0. The molecule has 2 unspecified atom stereocenters. The van der Waals surface area contributed by atoms with Gasteiger partial charge in [-0.25, -0.2) is 4.79 Å². The number of quaternary nitrogens is 1. The molecule has 0 aromatic rings. The summed E-state index contributed by atoms with van der Waals surface area (Å²) in [6.45, 7) is 4.84. The van der Waals surface area contributed by atoms with E-state index in [1.54, 1.807) is 0 Å². The molecular weight excluding hydrogens is 1310 g/mol. The van der Waals surface area contributed by atoms with Crippen LogP contribution in [0.1, 0.15) is 457 Å². The molecule has 0 aliphatic heterocycles. The Morgan fingerprint density at radius 2 is 0.538 bits per heavy atom. The summed E-state index contributed by atoms with van der Waals surface area (Å²) in [5.41, 5.74) is 0. The monoisotopic (exact) mass is 1490 g/mol. The van der Waals surface area contributed by atoms with E-state index in [2.05, 4.69) is 98.9 Å². The molecule has 106 heavy (non-hydrogen) atoms. The number of aliphatic carboxylic acids is 1. The van der Waals surface area contributed by atoms with E-state index < -0.39 is 18.4 Å². The Hall–Kier alpha value is -3.53. The van der Waals surface area contributed by atoms with Crippen molar-refractivity contribution >= 4 is 17.9 Å². The predicted octanol–water partition coefficient (Wildman–Crippen LogP) is 30.4. The lowest BCUT2D eigenvalue weighted by atomic mass is 10.0. The van der Waals surface area contributed by atoms with Gasteiger partial charge in [-0.2, -0.15) is 0 Å². The van der Waals surface area contributed by atoms with Gasteiger partial charge in [0.1, 0.15) is 13.2 Å².